The third-order valence-electron chi connectivity index (χ3n) is 2.93. The molecule has 0 spiro atoms. The highest BCUT2D eigenvalue weighted by Crippen LogP contribution is 2.22. The van der Waals surface area contributed by atoms with Crippen molar-refractivity contribution in [2.45, 2.75) is 6.92 Å². The second kappa shape index (κ2) is 4.69. The van der Waals surface area contributed by atoms with E-state index >= 15 is 0 Å². The molecule has 2 aromatic heterocycles. The smallest absolute Gasteiger partial charge is 0.278 e. The number of fused-ring (bicyclic) bond motifs is 1. The van der Waals surface area contributed by atoms with Crippen LogP contribution < -0.4 is 10.1 Å². The number of ether oxygens (including phenoxy) is 1. The molecule has 0 aliphatic carbocycles. The summed E-state index contributed by atoms with van der Waals surface area (Å²) in [7, 11) is 1.59. The maximum absolute atomic E-state index is 12.2. The first-order valence-corrected chi connectivity index (χ1v) is 6.03. The number of rotatable bonds is 3. The van der Waals surface area contributed by atoms with Gasteiger partial charge in [0.2, 0.25) is 0 Å². The molecule has 20 heavy (non-hydrogen) atoms. The molecule has 3 aromatic rings. The molecule has 102 valence electrons. The molecular weight excluding hydrogens is 258 g/mol. The van der Waals surface area contributed by atoms with Crippen LogP contribution in [0.25, 0.3) is 10.9 Å². The van der Waals surface area contributed by atoms with E-state index in [-0.39, 0.29) is 5.91 Å². The lowest BCUT2D eigenvalue weighted by atomic mass is 10.2. The minimum atomic E-state index is -0.312. The predicted molar refractivity (Wildman–Crippen MR) is 73.9 cm³/mol. The monoisotopic (exact) mass is 271 g/mol. The summed E-state index contributed by atoms with van der Waals surface area (Å²) < 4.78 is 5.13. The minimum absolute atomic E-state index is 0.312. The van der Waals surface area contributed by atoms with E-state index in [1.165, 1.54) is 0 Å². The number of hydrogen-bond acceptors (Lipinski definition) is 4. The lowest BCUT2D eigenvalue weighted by Crippen LogP contribution is -2.13. The highest BCUT2D eigenvalue weighted by molar-refractivity contribution is 6.10. The number of carbonyl (C=O) groups is 1. The zero-order chi connectivity index (χ0) is 14.1. The summed E-state index contributed by atoms with van der Waals surface area (Å²) in [5.41, 5.74) is 1.94. The Hall–Kier alpha value is -2.83. The van der Waals surface area contributed by atoms with Crippen molar-refractivity contribution >= 4 is 22.6 Å². The van der Waals surface area contributed by atoms with Gasteiger partial charge >= 0.3 is 0 Å². The second-order valence-electron chi connectivity index (χ2n) is 4.37. The topological polar surface area (TPSA) is 95.7 Å². The Bertz CT molecular complexity index is 774. The number of H-pyrrole nitrogens is 2. The van der Waals surface area contributed by atoms with Crippen LogP contribution in [0.1, 0.15) is 16.2 Å². The van der Waals surface area contributed by atoms with Gasteiger partial charge in [0.05, 0.1) is 12.6 Å². The van der Waals surface area contributed by atoms with Crippen LogP contribution in [0.4, 0.5) is 5.82 Å². The van der Waals surface area contributed by atoms with Crippen LogP contribution in [-0.2, 0) is 0 Å². The molecule has 0 radical (unpaired) electrons. The van der Waals surface area contributed by atoms with Crippen LogP contribution in [0.15, 0.2) is 24.3 Å². The number of aromatic amines is 2. The van der Waals surface area contributed by atoms with Crippen molar-refractivity contribution in [2.75, 3.05) is 12.4 Å². The molecule has 0 aliphatic rings. The zero-order valence-electron chi connectivity index (χ0n) is 11.0. The van der Waals surface area contributed by atoms with Gasteiger partial charge in [0.1, 0.15) is 5.75 Å². The molecule has 0 bridgehead atoms. The molecule has 1 amide bonds. The Labute approximate surface area is 114 Å². The molecule has 0 fully saturated rings. The molecular formula is C13H13N5O2. The second-order valence-corrected chi connectivity index (χ2v) is 4.37. The number of benzene rings is 1. The fraction of sp³-hybridized carbons (Fsp3) is 0.154. The summed E-state index contributed by atoms with van der Waals surface area (Å²) >= 11 is 0. The van der Waals surface area contributed by atoms with Crippen molar-refractivity contribution in [2.24, 2.45) is 0 Å². The van der Waals surface area contributed by atoms with Crippen molar-refractivity contribution in [1.29, 1.82) is 0 Å². The largest absolute Gasteiger partial charge is 0.497 e. The Kier molecular flexibility index (Phi) is 2.86. The molecule has 3 rings (SSSR count). The Morgan fingerprint density at radius 2 is 2.10 bits per heavy atom. The van der Waals surface area contributed by atoms with Gasteiger partial charge in [-0.05, 0) is 19.1 Å². The van der Waals surface area contributed by atoms with Crippen LogP contribution in [0.2, 0.25) is 0 Å². The van der Waals surface area contributed by atoms with Gasteiger partial charge in [-0.1, -0.05) is 0 Å². The van der Waals surface area contributed by atoms with E-state index in [1.807, 2.05) is 6.92 Å². The van der Waals surface area contributed by atoms with Crippen LogP contribution >= 0.6 is 0 Å². The Morgan fingerprint density at radius 1 is 1.25 bits per heavy atom. The lowest BCUT2D eigenvalue weighted by molar-refractivity contribution is 0.102. The molecule has 0 saturated carbocycles. The SMILES string of the molecule is COc1ccc2c(C(=O)Nc3cc(C)[nH]n3)n[nH]c2c1. The van der Waals surface area contributed by atoms with Gasteiger partial charge in [-0.25, -0.2) is 0 Å². The summed E-state index contributed by atoms with van der Waals surface area (Å²) in [6.07, 6.45) is 0. The number of amides is 1. The Balaban J connectivity index is 1.91. The number of methoxy groups -OCH3 is 1. The number of anilines is 1. The lowest BCUT2D eigenvalue weighted by Gasteiger charge is -2.00. The van der Waals surface area contributed by atoms with Gasteiger partial charge in [-0.15, -0.1) is 0 Å². The van der Waals surface area contributed by atoms with E-state index in [2.05, 4.69) is 25.7 Å². The number of aryl methyl sites for hydroxylation is 1. The molecule has 0 aliphatic heterocycles. The van der Waals surface area contributed by atoms with E-state index in [1.54, 1.807) is 31.4 Å². The zero-order valence-corrected chi connectivity index (χ0v) is 11.0. The predicted octanol–water partition coefficient (Wildman–Crippen LogP) is 1.86. The minimum Gasteiger partial charge on any atom is -0.497 e. The number of aromatic nitrogens is 4. The van der Waals surface area contributed by atoms with Crippen molar-refractivity contribution in [3.05, 3.63) is 35.7 Å². The van der Waals surface area contributed by atoms with E-state index < -0.39 is 0 Å². The van der Waals surface area contributed by atoms with Crippen molar-refractivity contribution < 1.29 is 9.53 Å². The summed E-state index contributed by atoms with van der Waals surface area (Å²) in [5.74, 6) is 0.862. The molecule has 0 saturated heterocycles. The maximum Gasteiger partial charge on any atom is 0.278 e. The standard InChI is InChI=1S/C13H13N5O2/c1-7-5-11(17-15-7)14-13(19)12-9-4-3-8(20-2)6-10(9)16-18-12/h3-6H,1-2H3,(H,16,18)(H2,14,15,17,19). The van der Waals surface area contributed by atoms with Crippen LogP contribution in [0.3, 0.4) is 0 Å². The fourth-order valence-electron chi connectivity index (χ4n) is 1.96. The van der Waals surface area contributed by atoms with Crippen molar-refractivity contribution in [1.82, 2.24) is 20.4 Å². The first-order valence-electron chi connectivity index (χ1n) is 6.03. The van der Waals surface area contributed by atoms with E-state index in [0.717, 1.165) is 16.6 Å². The normalized spacial score (nSPS) is 10.7. The molecule has 0 atom stereocenters. The van der Waals surface area contributed by atoms with Gasteiger partial charge in [-0.2, -0.15) is 10.2 Å². The molecule has 3 N–H and O–H groups in total. The average molecular weight is 271 g/mol. The number of nitrogens with one attached hydrogen (secondary N) is 3. The highest BCUT2D eigenvalue weighted by Gasteiger charge is 2.15. The Morgan fingerprint density at radius 3 is 2.80 bits per heavy atom. The van der Waals surface area contributed by atoms with Gasteiger partial charge in [0, 0.05) is 23.2 Å². The molecule has 7 nitrogen and oxygen atoms in total. The highest BCUT2D eigenvalue weighted by atomic mass is 16.5. The number of hydrogen-bond donors (Lipinski definition) is 3. The van der Waals surface area contributed by atoms with Gasteiger partial charge in [0.15, 0.2) is 11.5 Å². The maximum atomic E-state index is 12.2. The first-order chi connectivity index (χ1) is 9.67. The third kappa shape index (κ3) is 2.09. The molecule has 0 unspecified atom stereocenters. The van der Waals surface area contributed by atoms with Crippen LogP contribution in [0.5, 0.6) is 5.75 Å². The van der Waals surface area contributed by atoms with Crippen LogP contribution in [0, 0.1) is 6.92 Å². The van der Waals surface area contributed by atoms with Gasteiger partial charge < -0.3 is 10.1 Å². The third-order valence-corrected chi connectivity index (χ3v) is 2.93. The first kappa shape index (κ1) is 12.2. The van der Waals surface area contributed by atoms with Gasteiger partial charge in [-0.3, -0.25) is 15.0 Å². The van der Waals surface area contributed by atoms with E-state index in [9.17, 15) is 4.79 Å². The van der Waals surface area contributed by atoms with Crippen LogP contribution in [-0.4, -0.2) is 33.4 Å². The van der Waals surface area contributed by atoms with Crippen molar-refractivity contribution in [3.63, 3.8) is 0 Å². The fourth-order valence-corrected chi connectivity index (χ4v) is 1.96. The number of carbonyl (C=O) groups excluding carboxylic acids is 1. The van der Waals surface area contributed by atoms with Crippen molar-refractivity contribution in [3.8, 4) is 5.75 Å². The van der Waals surface area contributed by atoms with E-state index in [0.29, 0.717) is 17.3 Å². The molecule has 2 heterocycles. The molecule has 7 heteroatoms. The quantitative estimate of drug-likeness (QED) is 0.677. The summed E-state index contributed by atoms with van der Waals surface area (Å²) in [5, 5.41) is 17.0. The number of nitrogens with zero attached hydrogens (tertiary/aromatic N) is 2. The summed E-state index contributed by atoms with van der Waals surface area (Å²) in [4.78, 5) is 12.2. The van der Waals surface area contributed by atoms with E-state index in [4.69, 9.17) is 4.74 Å². The molecule has 1 aromatic carbocycles. The van der Waals surface area contributed by atoms with Gasteiger partial charge in [0.25, 0.3) is 5.91 Å². The summed E-state index contributed by atoms with van der Waals surface area (Å²) in [6, 6.07) is 7.11. The summed E-state index contributed by atoms with van der Waals surface area (Å²) in [6.45, 7) is 1.86. The average Bonchev–Trinajstić information content (AvgIpc) is 3.04.